The van der Waals surface area contributed by atoms with E-state index in [2.05, 4.69) is 37.6 Å². The summed E-state index contributed by atoms with van der Waals surface area (Å²) in [6.07, 6.45) is 7.07. The molecule has 4 aromatic heterocycles. The number of aromatic nitrogens is 5. The van der Waals surface area contributed by atoms with E-state index in [-0.39, 0.29) is 0 Å². The lowest BCUT2D eigenvalue weighted by Gasteiger charge is -2.09. The van der Waals surface area contributed by atoms with Crippen LogP contribution in [0.2, 0.25) is 0 Å². The number of anilines is 1. The van der Waals surface area contributed by atoms with Gasteiger partial charge in [-0.05, 0) is 23.6 Å². The van der Waals surface area contributed by atoms with E-state index in [0.717, 1.165) is 33.4 Å². The molecule has 4 heterocycles. The van der Waals surface area contributed by atoms with Crippen molar-refractivity contribution < 1.29 is 4.42 Å². The van der Waals surface area contributed by atoms with E-state index < -0.39 is 0 Å². The van der Waals surface area contributed by atoms with Crippen molar-refractivity contribution in [1.82, 2.24) is 24.6 Å². The molecule has 7 nitrogen and oxygen atoms in total. The number of fused-ring (bicyclic) bond motifs is 2. The summed E-state index contributed by atoms with van der Waals surface area (Å²) >= 11 is 0. The molecule has 0 fully saturated rings. The smallest absolute Gasteiger partial charge is 0.210 e. The summed E-state index contributed by atoms with van der Waals surface area (Å²) in [6.45, 7) is 0.541. The Morgan fingerprint density at radius 1 is 1.12 bits per heavy atom. The predicted molar refractivity (Wildman–Crippen MR) is 94.1 cm³/mol. The number of rotatable bonds is 4. The molecule has 2 N–H and O–H groups in total. The van der Waals surface area contributed by atoms with Crippen molar-refractivity contribution in [2.45, 2.75) is 6.54 Å². The molecule has 0 aliphatic heterocycles. The van der Waals surface area contributed by atoms with E-state index in [1.54, 1.807) is 12.6 Å². The first-order chi connectivity index (χ1) is 12.4. The highest BCUT2D eigenvalue weighted by molar-refractivity contribution is 5.97. The van der Waals surface area contributed by atoms with E-state index in [4.69, 9.17) is 4.42 Å². The summed E-state index contributed by atoms with van der Waals surface area (Å²) in [5.74, 6) is 1.50. The van der Waals surface area contributed by atoms with E-state index in [1.165, 1.54) is 0 Å². The maximum atomic E-state index is 5.35. The van der Waals surface area contributed by atoms with Gasteiger partial charge in [-0.1, -0.05) is 18.2 Å². The number of nitrogens with zero attached hydrogens (tertiary/aromatic N) is 4. The Kier molecular flexibility index (Phi) is 3.03. The number of furan rings is 1. The molecule has 0 radical (unpaired) electrons. The minimum Gasteiger partial charge on any atom is -0.467 e. The zero-order chi connectivity index (χ0) is 16.6. The third-order valence-electron chi connectivity index (χ3n) is 4.21. The number of para-hydroxylation sites is 1. The number of hydrogen-bond donors (Lipinski definition) is 2. The standard InChI is InChI=1S/C18H14N6O/c1-3-12-6-7-19-16(12)14(5-1)15-10-21-18(24-11-22-23-17(15)24)20-9-13-4-2-8-25-13/h1-8,10-11,19H,9H2,(H,20,21). The fourth-order valence-corrected chi connectivity index (χ4v) is 3.03. The molecule has 1 aromatic carbocycles. The van der Waals surface area contributed by atoms with Crippen molar-refractivity contribution in [3.8, 4) is 11.1 Å². The quantitative estimate of drug-likeness (QED) is 0.527. The van der Waals surface area contributed by atoms with Crippen LogP contribution in [-0.4, -0.2) is 24.6 Å². The topological polar surface area (TPSA) is 84.0 Å². The van der Waals surface area contributed by atoms with Gasteiger partial charge < -0.3 is 14.7 Å². The van der Waals surface area contributed by atoms with Crippen LogP contribution in [0.3, 0.4) is 0 Å². The molecule has 0 spiro atoms. The fraction of sp³-hybridized carbons (Fsp3) is 0.0556. The van der Waals surface area contributed by atoms with Crippen LogP contribution < -0.4 is 5.32 Å². The van der Waals surface area contributed by atoms with Gasteiger partial charge >= 0.3 is 0 Å². The third kappa shape index (κ3) is 2.25. The Bertz CT molecular complexity index is 1150. The van der Waals surface area contributed by atoms with Crippen molar-refractivity contribution in [2.24, 2.45) is 0 Å². The molecule has 7 heteroatoms. The highest BCUT2D eigenvalue weighted by Gasteiger charge is 2.14. The molecule has 25 heavy (non-hydrogen) atoms. The highest BCUT2D eigenvalue weighted by atomic mass is 16.3. The molecule has 0 unspecified atom stereocenters. The Morgan fingerprint density at radius 2 is 2.12 bits per heavy atom. The molecule has 0 aliphatic carbocycles. The van der Waals surface area contributed by atoms with Crippen LogP contribution in [0.5, 0.6) is 0 Å². The Morgan fingerprint density at radius 3 is 3.04 bits per heavy atom. The second kappa shape index (κ2) is 5.48. The molecule has 5 rings (SSSR count). The lowest BCUT2D eigenvalue weighted by Crippen LogP contribution is -2.06. The Hall–Kier alpha value is -3.61. The van der Waals surface area contributed by atoms with Gasteiger partial charge in [-0.2, -0.15) is 0 Å². The molecule has 0 amide bonds. The number of aromatic amines is 1. The van der Waals surface area contributed by atoms with Crippen LogP contribution in [0.4, 0.5) is 5.95 Å². The van der Waals surface area contributed by atoms with Crippen LogP contribution in [0.25, 0.3) is 27.7 Å². The summed E-state index contributed by atoms with van der Waals surface area (Å²) in [7, 11) is 0. The number of nitrogens with one attached hydrogen (secondary N) is 2. The van der Waals surface area contributed by atoms with E-state index in [1.807, 2.05) is 41.1 Å². The van der Waals surface area contributed by atoms with Gasteiger partial charge in [-0.3, -0.25) is 4.40 Å². The van der Waals surface area contributed by atoms with Crippen molar-refractivity contribution in [3.63, 3.8) is 0 Å². The van der Waals surface area contributed by atoms with Crippen molar-refractivity contribution in [2.75, 3.05) is 5.32 Å². The first-order valence-corrected chi connectivity index (χ1v) is 7.91. The fourth-order valence-electron chi connectivity index (χ4n) is 3.03. The molecule has 5 aromatic rings. The summed E-state index contributed by atoms with van der Waals surface area (Å²) in [4.78, 5) is 7.85. The van der Waals surface area contributed by atoms with Gasteiger partial charge in [-0.15, -0.1) is 10.2 Å². The van der Waals surface area contributed by atoms with Gasteiger partial charge in [0.1, 0.15) is 12.1 Å². The summed E-state index contributed by atoms with van der Waals surface area (Å²) in [6, 6.07) is 12.0. The molecule has 0 saturated heterocycles. The predicted octanol–water partition coefficient (Wildman–Crippen LogP) is 3.48. The number of H-pyrrole nitrogens is 1. The third-order valence-corrected chi connectivity index (χ3v) is 4.21. The van der Waals surface area contributed by atoms with Crippen LogP contribution in [-0.2, 0) is 6.54 Å². The molecular formula is C18H14N6O. The van der Waals surface area contributed by atoms with Gasteiger partial charge in [0.15, 0.2) is 5.65 Å². The summed E-state index contributed by atoms with van der Waals surface area (Å²) < 4.78 is 7.19. The SMILES string of the molecule is c1coc(CNc2ncc(-c3cccc4cc[nH]c34)c3nncn23)c1. The molecule has 0 aliphatic rings. The van der Waals surface area contributed by atoms with Crippen molar-refractivity contribution in [1.29, 1.82) is 0 Å². The maximum absolute atomic E-state index is 5.35. The monoisotopic (exact) mass is 330 g/mol. The molecule has 122 valence electrons. The van der Waals surface area contributed by atoms with Gasteiger partial charge in [-0.25, -0.2) is 4.98 Å². The second-order valence-electron chi connectivity index (χ2n) is 5.70. The van der Waals surface area contributed by atoms with E-state index >= 15 is 0 Å². The maximum Gasteiger partial charge on any atom is 0.210 e. The van der Waals surface area contributed by atoms with E-state index in [0.29, 0.717) is 12.5 Å². The first-order valence-electron chi connectivity index (χ1n) is 7.91. The van der Waals surface area contributed by atoms with Gasteiger partial charge in [0.2, 0.25) is 5.95 Å². The second-order valence-corrected chi connectivity index (χ2v) is 5.70. The molecule has 0 saturated carbocycles. The molecule has 0 atom stereocenters. The molecule has 0 bridgehead atoms. The van der Waals surface area contributed by atoms with Crippen LogP contribution in [0.15, 0.2) is 65.8 Å². The van der Waals surface area contributed by atoms with Gasteiger partial charge in [0.05, 0.1) is 18.3 Å². The highest BCUT2D eigenvalue weighted by Crippen LogP contribution is 2.30. The number of benzene rings is 1. The summed E-state index contributed by atoms with van der Waals surface area (Å²) in [5.41, 5.74) is 3.78. The lowest BCUT2D eigenvalue weighted by molar-refractivity contribution is 0.517. The largest absolute Gasteiger partial charge is 0.467 e. The van der Waals surface area contributed by atoms with Gasteiger partial charge in [0.25, 0.3) is 0 Å². The first kappa shape index (κ1) is 13.8. The minimum atomic E-state index is 0.541. The van der Waals surface area contributed by atoms with Crippen molar-refractivity contribution >= 4 is 22.5 Å². The Labute approximate surface area is 142 Å². The van der Waals surface area contributed by atoms with E-state index in [9.17, 15) is 0 Å². The zero-order valence-corrected chi connectivity index (χ0v) is 13.2. The minimum absolute atomic E-state index is 0.541. The summed E-state index contributed by atoms with van der Waals surface area (Å²) in [5, 5.41) is 12.8. The Balaban J connectivity index is 1.60. The van der Waals surface area contributed by atoms with Crippen LogP contribution in [0.1, 0.15) is 5.76 Å². The lowest BCUT2D eigenvalue weighted by atomic mass is 10.1. The van der Waals surface area contributed by atoms with Crippen LogP contribution >= 0.6 is 0 Å². The number of hydrogen-bond acceptors (Lipinski definition) is 5. The zero-order valence-electron chi connectivity index (χ0n) is 13.2. The van der Waals surface area contributed by atoms with Crippen molar-refractivity contribution in [3.05, 3.63) is 67.1 Å². The average molecular weight is 330 g/mol. The average Bonchev–Trinajstić information content (AvgIpc) is 3.40. The molecular weight excluding hydrogens is 316 g/mol. The van der Waals surface area contributed by atoms with Crippen LogP contribution in [0, 0.1) is 0 Å². The normalized spacial score (nSPS) is 11.4. The van der Waals surface area contributed by atoms with Gasteiger partial charge in [0, 0.05) is 23.5 Å².